The third kappa shape index (κ3) is 5.92. The van der Waals surface area contributed by atoms with Gasteiger partial charge in [-0.1, -0.05) is 48.5 Å². The summed E-state index contributed by atoms with van der Waals surface area (Å²) in [6, 6.07) is 73.9. The van der Waals surface area contributed by atoms with Crippen molar-refractivity contribution in [3.05, 3.63) is 206 Å². The van der Waals surface area contributed by atoms with Gasteiger partial charge in [-0.25, -0.2) is 0 Å². The van der Waals surface area contributed by atoms with Gasteiger partial charge in [0.1, 0.15) is 0 Å². The molecule has 0 radical (unpaired) electrons. The molecule has 0 N–H and O–H groups in total. The molecule has 9 aromatic rings. The van der Waals surface area contributed by atoms with Gasteiger partial charge in [-0.3, -0.25) is 0 Å². The molecule has 10 rings (SSSR count). The van der Waals surface area contributed by atoms with E-state index in [1.807, 2.05) is 0 Å². The molecule has 8 aromatic carbocycles. The average Bonchev–Trinajstić information content (AvgIpc) is 3.75. The van der Waals surface area contributed by atoms with Crippen molar-refractivity contribution in [1.29, 1.82) is 0 Å². The summed E-state index contributed by atoms with van der Waals surface area (Å²) < 4.78 is 9.82. The van der Waals surface area contributed by atoms with Crippen LogP contribution in [0, 0.1) is 0 Å². The predicted octanol–water partition coefficient (Wildman–Crippen LogP) is 13.5. The van der Waals surface area contributed by atoms with Crippen molar-refractivity contribution in [3.8, 4) is 33.6 Å². The second kappa shape index (κ2) is 13.9. The van der Waals surface area contributed by atoms with E-state index in [1.54, 1.807) is 0 Å². The van der Waals surface area contributed by atoms with Crippen molar-refractivity contribution in [1.82, 2.24) is 0 Å². The number of rotatable bonds is 8. The molecule has 0 fully saturated rings. The average molecular weight is 782 g/mol. The Kier molecular flexibility index (Phi) is 8.46. The van der Waals surface area contributed by atoms with Gasteiger partial charge in [0.25, 0.3) is 0 Å². The first-order valence-electron chi connectivity index (χ1n) is 19.3. The first-order valence-corrected chi connectivity index (χ1v) is 25.6. The Morgan fingerprint density at radius 3 is 1.20 bits per heavy atom. The van der Waals surface area contributed by atoms with Gasteiger partial charge < -0.3 is 0 Å². The first kappa shape index (κ1) is 34.0. The molecule has 0 spiro atoms. The zero-order chi connectivity index (χ0) is 37.6. The molecule has 0 unspecified atom stereocenters. The van der Waals surface area contributed by atoms with Crippen LogP contribution < -0.4 is 18.6 Å². The maximum absolute atomic E-state index is 6.88. The number of hydrogen-bond acceptors (Lipinski definition) is 3. The molecule has 2 heterocycles. The summed E-state index contributed by atoms with van der Waals surface area (Å²) in [7, 11) is 0. The van der Waals surface area contributed by atoms with Gasteiger partial charge in [0.15, 0.2) is 0 Å². The van der Waals surface area contributed by atoms with E-state index >= 15 is 0 Å². The molecule has 0 bridgehead atoms. The standard InChI is InChI=1S/C52H40GeN2O/c1-53(2)49-34-28-39(37-23-29-45(30-24-37)54(41-15-7-3-8-16-41)42-17-9-4-10-18-42)35-48(49)52-51(53)47-33-27-40(36-50(47)56-52)38-25-31-46(32-26-38)55(43-19-11-5-12-20-43)44-21-13-6-14-22-44/h3-36H,1-2H3. The summed E-state index contributed by atoms with van der Waals surface area (Å²) in [5, 5.41) is 1.26. The van der Waals surface area contributed by atoms with Gasteiger partial charge in [0, 0.05) is 0 Å². The van der Waals surface area contributed by atoms with Crippen molar-refractivity contribution in [2.75, 3.05) is 9.80 Å². The van der Waals surface area contributed by atoms with Gasteiger partial charge in [0.05, 0.1) is 0 Å². The van der Waals surface area contributed by atoms with Crippen LogP contribution in [0.2, 0.25) is 11.5 Å². The monoisotopic (exact) mass is 782 g/mol. The van der Waals surface area contributed by atoms with Crippen LogP contribution in [0.5, 0.6) is 0 Å². The van der Waals surface area contributed by atoms with Crippen LogP contribution in [0.3, 0.4) is 0 Å². The quantitative estimate of drug-likeness (QED) is 0.143. The molecule has 0 aliphatic carbocycles. The second-order valence-electron chi connectivity index (χ2n) is 15.0. The SMILES string of the molecule is [CH3][Ge]1([CH3])[c]2ccc(-c3ccc(N(c4ccccc4)c4ccccc4)cc3)cc2-c2oc3cc(-c4ccc(N(c5ccccc5)c5ccccc5)cc4)ccc3[c]21. The van der Waals surface area contributed by atoms with Crippen molar-refractivity contribution < 1.29 is 4.42 Å². The van der Waals surface area contributed by atoms with Crippen molar-refractivity contribution in [2.45, 2.75) is 11.5 Å². The minimum atomic E-state index is -2.64. The van der Waals surface area contributed by atoms with E-state index < -0.39 is 13.3 Å². The van der Waals surface area contributed by atoms with Crippen LogP contribution in [-0.4, -0.2) is 13.3 Å². The van der Waals surface area contributed by atoms with Gasteiger partial charge >= 0.3 is 284 Å². The fourth-order valence-corrected chi connectivity index (χ4v) is 15.3. The molecule has 0 amide bonds. The summed E-state index contributed by atoms with van der Waals surface area (Å²) in [5.41, 5.74) is 13.7. The predicted molar refractivity (Wildman–Crippen MR) is 239 cm³/mol. The Hall–Kier alpha value is -6.56. The molecule has 3 nitrogen and oxygen atoms in total. The van der Waals surface area contributed by atoms with Crippen molar-refractivity contribution in [3.63, 3.8) is 0 Å². The summed E-state index contributed by atoms with van der Waals surface area (Å²) >= 11 is -2.64. The van der Waals surface area contributed by atoms with Crippen LogP contribution in [0.15, 0.2) is 211 Å². The number of benzene rings is 8. The Balaban J connectivity index is 0.971. The Morgan fingerprint density at radius 2 is 0.750 bits per heavy atom. The van der Waals surface area contributed by atoms with E-state index in [4.69, 9.17) is 4.42 Å². The van der Waals surface area contributed by atoms with Gasteiger partial charge in [-0.15, -0.1) is 0 Å². The van der Waals surface area contributed by atoms with Gasteiger partial charge in [0.2, 0.25) is 0 Å². The molecule has 4 heteroatoms. The molecule has 1 aromatic heterocycles. The number of fused-ring (bicyclic) bond motifs is 5. The number of hydrogen-bond donors (Lipinski definition) is 0. The van der Waals surface area contributed by atoms with E-state index in [0.717, 1.165) is 51.0 Å². The molecule has 268 valence electrons. The van der Waals surface area contributed by atoms with Gasteiger partial charge in [-0.2, -0.15) is 0 Å². The van der Waals surface area contributed by atoms with Crippen molar-refractivity contribution >= 4 is 67.2 Å². The summed E-state index contributed by atoms with van der Waals surface area (Å²) in [4.78, 5) is 4.60. The third-order valence-electron chi connectivity index (χ3n) is 11.2. The molecule has 0 saturated heterocycles. The van der Waals surface area contributed by atoms with E-state index in [9.17, 15) is 0 Å². The van der Waals surface area contributed by atoms with Crippen LogP contribution in [-0.2, 0) is 0 Å². The second-order valence-corrected chi connectivity index (χ2v) is 24.0. The summed E-state index contributed by atoms with van der Waals surface area (Å²) in [6.45, 7) is 0. The zero-order valence-electron chi connectivity index (χ0n) is 31.4. The molecule has 0 atom stereocenters. The number of furan rings is 1. The van der Waals surface area contributed by atoms with E-state index in [2.05, 4.69) is 228 Å². The topological polar surface area (TPSA) is 19.6 Å². The third-order valence-corrected chi connectivity index (χ3v) is 18.6. The molecular formula is C52H40GeN2O. The Morgan fingerprint density at radius 1 is 0.375 bits per heavy atom. The van der Waals surface area contributed by atoms with Crippen LogP contribution in [0.25, 0.3) is 44.5 Å². The first-order chi connectivity index (χ1) is 27.5. The fraction of sp³-hybridized carbons (Fsp3) is 0.0385. The van der Waals surface area contributed by atoms with E-state index in [-0.39, 0.29) is 0 Å². The van der Waals surface area contributed by atoms with E-state index in [0.29, 0.717) is 0 Å². The van der Waals surface area contributed by atoms with Crippen LogP contribution >= 0.6 is 0 Å². The number of para-hydroxylation sites is 4. The molecule has 1 aliphatic heterocycles. The normalized spacial score (nSPS) is 12.6. The Labute approximate surface area is 331 Å². The molecular weight excluding hydrogens is 741 g/mol. The number of nitrogens with zero attached hydrogens (tertiary/aromatic N) is 2. The number of anilines is 6. The summed E-state index contributed by atoms with van der Waals surface area (Å²) in [6.07, 6.45) is 0. The van der Waals surface area contributed by atoms with Crippen LogP contribution in [0.4, 0.5) is 34.1 Å². The minimum absolute atomic E-state index is 0.966. The summed E-state index contributed by atoms with van der Waals surface area (Å²) in [5.74, 6) is 6.08. The van der Waals surface area contributed by atoms with Crippen molar-refractivity contribution in [2.24, 2.45) is 0 Å². The van der Waals surface area contributed by atoms with Gasteiger partial charge in [-0.05, 0) is 0 Å². The molecule has 1 aliphatic rings. The maximum atomic E-state index is 6.88. The molecule has 0 saturated carbocycles. The Bertz CT molecular complexity index is 2720. The van der Waals surface area contributed by atoms with E-state index in [1.165, 1.54) is 36.4 Å². The zero-order valence-corrected chi connectivity index (χ0v) is 33.5. The molecule has 56 heavy (non-hydrogen) atoms. The fourth-order valence-electron chi connectivity index (χ4n) is 8.49. The van der Waals surface area contributed by atoms with Crippen LogP contribution in [0.1, 0.15) is 0 Å².